The lowest BCUT2D eigenvalue weighted by molar-refractivity contribution is 0.0974. The van der Waals surface area contributed by atoms with Crippen molar-refractivity contribution in [1.82, 2.24) is 0 Å². The molecule has 0 fully saturated rings. The average molecular weight is 352 g/mol. The number of rotatable bonds is 1. The molecule has 1 aliphatic heterocycles. The lowest BCUT2D eigenvalue weighted by Gasteiger charge is -2.27. The number of carbonyl (C=O) groups is 1. The van der Waals surface area contributed by atoms with Crippen molar-refractivity contribution < 1.29 is 4.79 Å². The molecule has 0 unspecified atom stereocenters. The van der Waals surface area contributed by atoms with Crippen molar-refractivity contribution >= 4 is 38.2 Å². The molecule has 0 bridgehead atoms. The van der Waals surface area contributed by atoms with Crippen LogP contribution >= 0.6 is 15.9 Å². The SMILES string of the molecule is O=C1C[C@@H](c2ccc(Br)cc2)Nc2ccc3ccccc3c21. The van der Waals surface area contributed by atoms with Gasteiger partial charge in [-0.05, 0) is 34.5 Å². The zero-order valence-electron chi connectivity index (χ0n) is 11.8. The summed E-state index contributed by atoms with van der Waals surface area (Å²) < 4.78 is 1.05. The number of fused-ring (bicyclic) bond motifs is 3. The number of Topliss-reactive ketones (excluding diaryl/α,β-unsaturated/α-hetero) is 1. The Balaban J connectivity index is 1.79. The lowest BCUT2D eigenvalue weighted by atomic mass is 9.89. The fraction of sp³-hybridized carbons (Fsp3) is 0.105. The Hall–Kier alpha value is -2.13. The van der Waals surface area contributed by atoms with Gasteiger partial charge in [-0.2, -0.15) is 0 Å². The van der Waals surface area contributed by atoms with E-state index >= 15 is 0 Å². The third-order valence-corrected chi connectivity index (χ3v) is 4.73. The highest BCUT2D eigenvalue weighted by atomic mass is 79.9. The van der Waals surface area contributed by atoms with Crippen LogP contribution < -0.4 is 5.32 Å². The number of hydrogen-bond donors (Lipinski definition) is 1. The fourth-order valence-electron chi connectivity index (χ4n) is 3.11. The highest BCUT2D eigenvalue weighted by Crippen LogP contribution is 2.36. The van der Waals surface area contributed by atoms with Crippen molar-refractivity contribution in [2.75, 3.05) is 5.32 Å². The zero-order chi connectivity index (χ0) is 15.1. The van der Waals surface area contributed by atoms with E-state index in [9.17, 15) is 4.79 Å². The Kier molecular flexibility index (Phi) is 3.23. The van der Waals surface area contributed by atoms with Crippen molar-refractivity contribution in [3.63, 3.8) is 0 Å². The minimum atomic E-state index is 0.0364. The minimum absolute atomic E-state index is 0.0364. The topological polar surface area (TPSA) is 29.1 Å². The van der Waals surface area contributed by atoms with Gasteiger partial charge in [-0.15, -0.1) is 0 Å². The molecule has 3 aromatic rings. The molecule has 0 aromatic heterocycles. The molecular weight excluding hydrogens is 338 g/mol. The van der Waals surface area contributed by atoms with Gasteiger partial charge in [0.15, 0.2) is 5.78 Å². The molecule has 3 heteroatoms. The fourth-order valence-corrected chi connectivity index (χ4v) is 3.38. The summed E-state index contributed by atoms with van der Waals surface area (Å²) in [6.07, 6.45) is 0.489. The number of benzene rings is 3. The van der Waals surface area contributed by atoms with E-state index in [4.69, 9.17) is 0 Å². The molecule has 1 aliphatic rings. The monoisotopic (exact) mass is 351 g/mol. The van der Waals surface area contributed by atoms with E-state index in [1.54, 1.807) is 0 Å². The Morgan fingerprint density at radius 1 is 0.955 bits per heavy atom. The molecule has 0 amide bonds. The number of nitrogens with one attached hydrogen (secondary N) is 1. The standard InChI is InChI=1S/C19H14BrNO/c20-14-8-5-13(6-9-14)17-11-18(22)19-15-4-2-1-3-12(15)7-10-16(19)21-17/h1-10,17,21H,11H2/t17-/m0/s1. The highest BCUT2D eigenvalue weighted by Gasteiger charge is 2.27. The molecule has 0 saturated carbocycles. The first-order valence-corrected chi connectivity index (χ1v) is 8.08. The number of hydrogen-bond acceptors (Lipinski definition) is 2. The molecule has 108 valence electrons. The van der Waals surface area contributed by atoms with Gasteiger partial charge in [0, 0.05) is 22.1 Å². The molecule has 2 nitrogen and oxygen atoms in total. The summed E-state index contributed by atoms with van der Waals surface area (Å²) in [6, 6.07) is 20.3. The third kappa shape index (κ3) is 2.22. The third-order valence-electron chi connectivity index (χ3n) is 4.20. The summed E-state index contributed by atoms with van der Waals surface area (Å²) >= 11 is 3.45. The first kappa shape index (κ1) is 13.5. The van der Waals surface area contributed by atoms with Crippen LogP contribution in [0.25, 0.3) is 10.8 Å². The van der Waals surface area contributed by atoms with Crippen LogP contribution in [0.1, 0.15) is 28.4 Å². The largest absolute Gasteiger partial charge is 0.377 e. The molecule has 1 N–H and O–H groups in total. The maximum Gasteiger partial charge on any atom is 0.167 e. The first-order valence-electron chi connectivity index (χ1n) is 7.29. The molecule has 1 atom stereocenters. The van der Waals surface area contributed by atoms with Crippen LogP contribution in [0.15, 0.2) is 65.1 Å². The van der Waals surface area contributed by atoms with Crippen molar-refractivity contribution in [2.24, 2.45) is 0 Å². The summed E-state index contributed by atoms with van der Waals surface area (Å²) in [4.78, 5) is 12.7. The van der Waals surface area contributed by atoms with Gasteiger partial charge in [0.1, 0.15) is 0 Å². The first-order chi connectivity index (χ1) is 10.7. The zero-order valence-corrected chi connectivity index (χ0v) is 13.4. The second-order valence-corrected chi connectivity index (χ2v) is 6.50. The van der Waals surface area contributed by atoms with E-state index in [1.807, 2.05) is 42.5 Å². The van der Waals surface area contributed by atoms with Gasteiger partial charge in [0.25, 0.3) is 0 Å². The van der Waals surface area contributed by atoms with Gasteiger partial charge in [0.2, 0.25) is 0 Å². The summed E-state index contributed by atoms with van der Waals surface area (Å²) in [5.74, 6) is 0.207. The number of ketones is 1. The van der Waals surface area contributed by atoms with E-state index in [-0.39, 0.29) is 11.8 Å². The minimum Gasteiger partial charge on any atom is -0.377 e. The summed E-state index contributed by atoms with van der Waals surface area (Å²) in [6.45, 7) is 0. The number of halogens is 1. The Morgan fingerprint density at radius 3 is 2.55 bits per heavy atom. The van der Waals surface area contributed by atoms with E-state index in [1.165, 1.54) is 0 Å². The van der Waals surface area contributed by atoms with Crippen LogP contribution in [0.4, 0.5) is 5.69 Å². The Bertz CT molecular complexity index is 870. The predicted molar refractivity (Wildman–Crippen MR) is 93.4 cm³/mol. The highest BCUT2D eigenvalue weighted by molar-refractivity contribution is 9.10. The molecule has 1 heterocycles. The maximum atomic E-state index is 12.7. The average Bonchev–Trinajstić information content (AvgIpc) is 2.55. The van der Waals surface area contributed by atoms with Gasteiger partial charge < -0.3 is 5.32 Å². The van der Waals surface area contributed by atoms with Crippen LogP contribution in [0.5, 0.6) is 0 Å². The predicted octanol–water partition coefficient (Wildman–Crippen LogP) is 5.34. The second kappa shape index (κ2) is 5.25. The van der Waals surface area contributed by atoms with Crippen LogP contribution in [0.3, 0.4) is 0 Å². The molecule has 4 rings (SSSR count). The van der Waals surface area contributed by atoms with Gasteiger partial charge in [-0.3, -0.25) is 4.79 Å². The number of carbonyl (C=O) groups excluding carboxylic acids is 1. The lowest BCUT2D eigenvalue weighted by Crippen LogP contribution is -2.23. The maximum absolute atomic E-state index is 12.7. The van der Waals surface area contributed by atoms with Crippen LogP contribution in [-0.4, -0.2) is 5.78 Å². The van der Waals surface area contributed by atoms with E-state index in [0.29, 0.717) is 6.42 Å². The molecular formula is C19H14BrNO. The Morgan fingerprint density at radius 2 is 1.73 bits per heavy atom. The summed E-state index contributed by atoms with van der Waals surface area (Å²) in [5.41, 5.74) is 2.89. The van der Waals surface area contributed by atoms with Gasteiger partial charge in [0.05, 0.1) is 6.04 Å². The second-order valence-electron chi connectivity index (χ2n) is 5.59. The molecule has 0 saturated heterocycles. The van der Waals surface area contributed by atoms with Crippen molar-refractivity contribution in [3.8, 4) is 0 Å². The molecule has 0 spiro atoms. The summed E-state index contributed by atoms with van der Waals surface area (Å²) in [7, 11) is 0. The molecule has 22 heavy (non-hydrogen) atoms. The van der Waals surface area contributed by atoms with E-state index in [2.05, 4.69) is 39.4 Å². The van der Waals surface area contributed by atoms with E-state index < -0.39 is 0 Å². The van der Waals surface area contributed by atoms with Crippen molar-refractivity contribution in [3.05, 3.63) is 76.3 Å². The quantitative estimate of drug-likeness (QED) is 0.640. The molecule has 0 radical (unpaired) electrons. The molecule has 3 aromatic carbocycles. The smallest absolute Gasteiger partial charge is 0.167 e. The van der Waals surface area contributed by atoms with Crippen molar-refractivity contribution in [1.29, 1.82) is 0 Å². The van der Waals surface area contributed by atoms with E-state index in [0.717, 1.165) is 32.1 Å². The van der Waals surface area contributed by atoms with Crippen LogP contribution in [0.2, 0.25) is 0 Å². The van der Waals surface area contributed by atoms with Gasteiger partial charge in [-0.25, -0.2) is 0 Å². The normalized spacial score (nSPS) is 17.1. The number of anilines is 1. The Labute approximate surface area is 137 Å². The van der Waals surface area contributed by atoms with Gasteiger partial charge >= 0.3 is 0 Å². The van der Waals surface area contributed by atoms with Crippen LogP contribution in [0, 0.1) is 0 Å². The molecule has 0 aliphatic carbocycles. The van der Waals surface area contributed by atoms with Crippen molar-refractivity contribution in [2.45, 2.75) is 12.5 Å². The van der Waals surface area contributed by atoms with Crippen LogP contribution in [-0.2, 0) is 0 Å². The van der Waals surface area contributed by atoms with Gasteiger partial charge in [-0.1, -0.05) is 58.4 Å². The summed E-state index contributed by atoms with van der Waals surface area (Å²) in [5, 5.41) is 5.66.